The van der Waals surface area contributed by atoms with E-state index in [1.807, 2.05) is 0 Å². The van der Waals surface area contributed by atoms with Crippen LogP contribution in [0, 0.1) is 0 Å². The van der Waals surface area contributed by atoms with Crippen LogP contribution in [0.5, 0.6) is 5.75 Å². The maximum atomic E-state index is 12.3. The van der Waals surface area contributed by atoms with E-state index in [0.717, 1.165) is 0 Å². The first-order chi connectivity index (χ1) is 13.0. The van der Waals surface area contributed by atoms with Crippen molar-refractivity contribution >= 4 is 40.7 Å². The third-order valence-corrected chi connectivity index (χ3v) is 4.38. The van der Waals surface area contributed by atoms with E-state index in [1.54, 1.807) is 42.5 Å². The smallest absolute Gasteiger partial charge is 0.254 e. The maximum Gasteiger partial charge on any atom is 0.254 e. The van der Waals surface area contributed by atoms with Crippen molar-refractivity contribution in [2.45, 2.75) is 18.9 Å². The molecular weight excluding hydrogens is 370 g/mol. The van der Waals surface area contributed by atoms with E-state index in [0.29, 0.717) is 27.7 Å². The minimum Gasteiger partial charge on any atom is -0.495 e. The van der Waals surface area contributed by atoms with Crippen molar-refractivity contribution in [3.63, 3.8) is 0 Å². The number of hydrogen-bond acceptors (Lipinski definition) is 4. The molecule has 0 aliphatic carbocycles. The maximum absolute atomic E-state index is 12.3. The molecule has 0 aromatic heterocycles. The predicted octanol–water partition coefficient (Wildman–Crippen LogP) is 2.82. The number of para-hydroxylation sites is 1. The first-order valence-electron chi connectivity index (χ1n) is 8.32. The van der Waals surface area contributed by atoms with Crippen LogP contribution in [0.3, 0.4) is 0 Å². The van der Waals surface area contributed by atoms with E-state index in [-0.39, 0.29) is 30.6 Å². The van der Waals surface area contributed by atoms with Gasteiger partial charge in [0.15, 0.2) is 0 Å². The van der Waals surface area contributed by atoms with Gasteiger partial charge < -0.3 is 20.7 Å². The molecule has 0 saturated heterocycles. The van der Waals surface area contributed by atoms with Gasteiger partial charge in [0.1, 0.15) is 11.8 Å². The molecule has 8 heteroatoms. The molecule has 140 valence electrons. The van der Waals surface area contributed by atoms with Crippen molar-refractivity contribution in [3.05, 3.63) is 53.1 Å². The molecule has 0 spiro atoms. The molecular formula is C19H18ClN3O4. The van der Waals surface area contributed by atoms with Crippen molar-refractivity contribution < 1.29 is 19.1 Å². The summed E-state index contributed by atoms with van der Waals surface area (Å²) in [6, 6.07) is 10.8. The van der Waals surface area contributed by atoms with Crippen LogP contribution in [-0.4, -0.2) is 30.9 Å². The fourth-order valence-corrected chi connectivity index (χ4v) is 2.95. The Labute approximate surface area is 161 Å². The van der Waals surface area contributed by atoms with Gasteiger partial charge in [0.25, 0.3) is 5.91 Å². The highest BCUT2D eigenvalue weighted by atomic mass is 35.5. The van der Waals surface area contributed by atoms with Crippen LogP contribution in [0.2, 0.25) is 5.02 Å². The van der Waals surface area contributed by atoms with Crippen LogP contribution in [0.1, 0.15) is 23.2 Å². The van der Waals surface area contributed by atoms with Gasteiger partial charge in [0.05, 0.1) is 24.0 Å². The Morgan fingerprint density at radius 3 is 2.78 bits per heavy atom. The third-order valence-electron chi connectivity index (χ3n) is 4.15. The molecule has 1 atom stereocenters. The molecule has 3 amide bonds. The molecule has 0 bridgehead atoms. The van der Waals surface area contributed by atoms with Crippen molar-refractivity contribution in [3.8, 4) is 5.75 Å². The van der Waals surface area contributed by atoms with Crippen molar-refractivity contribution in [2.24, 2.45) is 0 Å². The molecule has 1 aliphatic heterocycles. The molecule has 3 rings (SSSR count). The lowest BCUT2D eigenvalue weighted by Gasteiger charge is -2.15. The number of hydrogen-bond donors (Lipinski definition) is 3. The molecule has 0 unspecified atom stereocenters. The molecule has 2 aromatic carbocycles. The number of nitrogens with one attached hydrogen (secondary N) is 3. The highest BCUT2D eigenvalue weighted by Crippen LogP contribution is 2.28. The van der Waals surface area contributed by atoms with Crippen LogP contribution in [0.15, 0.2) is 42.5 Å². The monoisotopic (exact) mass is 387 g/mol. The van der Waals surface area contributed by atoms with Crippen molar-refractivity contribution in [1.82, 2.24) is 5.32 Å². The van der Waals surface area contributed by atoms with Gasteiger partial charge in [-0.1, -0.05) is 23.7 Å². The van der Waals surface area contributed by atoms with Crippen molar-refractivity contribution in [2.75, 3.05) is 17.7 Å². The minimum absolute atomic E-state index is 0.0321. The number of rotatable bonds is 5. The van der Waals surface area contributed by atoms with E-state index in [2.05, 4.69) is 16.0 Å². The second kappa shape index (κ2) is 8.09. The van der Waals surface area contributed by atoms with Gasteiger partial charge in [-0.3, -0.25) is 14.4 Å². The summed E-state index contributed by atoms with van der Waals surface area (Å²) in [5, 5.41) is 8.54. The summed E-state index contributed by atoms with van der Waals surface area (Å²) in [7, 11) is 1.49. The van der Waals surface area contributed by atoms with E-state index < -0.39 is 6.04 Å². The molecule has 7 nitrogen and oxygen atoms in total. The summed E-state index contributed by atoms with van der Waals surface area (Å²) in [4.78, 5) is 36.9. The normalized spacial score (nSPS) is 15.9. The standard InChI is InChI=1S/C19H18ClN3O4/c1-27-16-8-6-11(20)10-15(16)21-17(24)9-7-14-19(26)22-13-5-3-2-4-12(13)18(25)23-14/h2-6,8,10,14H,7,9H2,1H3,(H,21,24)(H,22,26)(H,23,25)/t14-/m1/s1. The summed E-state index contributed by atoms with van der Waals surface area (Å²) >= 11 is 5.95. The summed E-state index contributed by atoms with van der Waals surface area (Å²) in [5.74, 6) is -0.560. The Morgan fingerprint density at radius 1 is 1.22 bits per heavy atom. The van der Waals surface area contributed by atoms with E-state index in [9.17, 15) is 14.4 Å². The van der Waals surface area contributed by atoms with Gasteiger partial charge in [0, 0.05) is 11.4 Å². The van der Waals surface area contributed by atoms with Gasteiger partial charge in [-0.2, -0.15) is 0 Å². The highest BCUT2D eigenvalue weighted by molar-refractivity contribution is 6.31. The predicted molar refractivity (Wildman–Crippen MR) is 102 cm³/mol. The van der Waals surface area contributed by atoms with Gasteiger partial charge in [0.2, 0.25) is 11.8 Å². The molecule has 0 fully saturated rings. The lowest BCUT2D eigenvalue weighted by molar-refractivity contribution is -0.118. The van der Waals surface area contributed by atoms with Crippen LogP contribution in [0.4, 0.5) is 11.4 Å². The first kappa shape index (κ1) is 18.7. The van der Waals surface area contributed by atoms with E-state index in [1.165, 1.54) is 7.11 Å². The number of carbonyl (C=O) groups excluding carboxylic acids is 3. The molecule has 27 heavy (non-hydrogen) atoms. The first-order valence-corrected chi connectivity index (χ1v) is 8.70. The zero-order valence-corrected chi connectivity index (χ0v) is 15.3. The number of methoxy groups -OCH3 is 1. The Kier molecular flexibility index (Phi) is 5.61. The summed E-state index contributed by atoms with van der Waals surface area (Å²) in [6.45, 7) is 0. The van der Waals surface area contributed by atoms with Crippen molar-refractivity contribution in [1.29, 1.82) is 0 Å². The lowest BCUT2D eigenvalue weighted by Crippen LogP contribution is -2.41. The summed E-state index contributed by atoms with van der Waals surface area (Å²) in [6.07, 6.45) is 0.185. The zero-order chi connectivity index (χ0) is 19.4. The Bertz CT molecular complexity index is 900. The Morgan fingerprint density at radius 2 is 2.00 bits per heavy atom. The molecule has 1 aliphatic rings. The second-order valence-corrected chi connectivity index (χ2v) is 6.43. The van der Waals surface area contributed by atoms with Gasteiger partial charge in [-0.25, -0.2) is 0 Å². The average molecular weight is 388 g/mol. The van der Waals surface area contributed by atoms with E-state index >= 15 is 0 Å². The highest BCUT2D eigenvalue weighted by Gasteiger charge is 2.27. The zero-order valence-electron chi connectivity index (χ0n) is 14.5. The summed E-state index contributed by atoms with van der Waals surface area (Å²) in [5.41, 5.74) is 1.29. The molecule has 3 N–H and O–H groups in total. The fourth-order valence-electron chi connectivity index (χ4n) is 2.78. The number of anilines is 2. The third kappa shape index (κ3) is 4.38. The number of carbonyl (C=O) groups is 3. The Hall–Kier alpha value is -3.06. The van der Waals surface area contributed by atoms with E-state index in [4.69, 9.17) is 16.3 Å². The van der Waals surface area contributed by atoms with Crippen LogP contribution in [0.25, 0.3) is 0 Å². The number of fused-ring (bicyclic) bond motifs is 1. The number of benzene rings is 2. The lowest BCUT2D eigenvalue weighted by atomic mass is 10.1. The molecule has 2 aromatic rings. The molecule has 1 heterocycles. The molecule has 0 saturated carbocycles. The van der Waals surface area contributed by atoms with Gasteiger partial charge in [-0.15, -0.1) is 0 Å². The van der Waals surface area contributed by atoms with Crippen LogP contribution < -0.4 is 20.7 Å². The largest absolute Gasteiger partial charge is 0.495 e. The van der Waals surface area contributed by atoms with Gasteiger partial charge >= 0.3 is 0 Å². The number of halogens is 1. The average Bonchev–Trinajstić information content (AvgIpc) is 2.76. The number of amides is 3. The second-order valence-electron chi connectivity index (χ2n) is 5.99. The van der Waals surface area contributed by atoms with Crippen LogP contribution in [-0.2, 0) is 9.59 Å². The molecule has 0 radical (unpaired) electrons. The Balaban J connectivity index is 1.63. The fraction of sp³-hybridized carbons (Fsp3) is 0.211. The van der Waals surface area contributed by atoms with Crippen LogP contribution >= 0.6 is 11.6 Å². The quantitative estimate of drug-likeness (QED) is 0.735. The summed E-state index contributed by atoms with van der Waals surface area (Å²) < 4.78 is 5.18. The minimum atomic E-state index is -0.808. The topological polar surface area (TPSA) is 96.5 Å². The SMILES string of the molecule is COc1ccc(Cl)cc1NC(=O)CC[C@H]1NC(=O)c2ccccc2NC1=O. The number of ether oxygens (including phenoxy) is 1. The van der Waals surface area contributed by atoms with Gasteiger partial charge in [-0.05, 0) is 36.8 Å².